The third-order valence-corrected chi connectivity index (χ3v) is 5.19. The zero-order chi connectivity index (χ0) is 17.1. The van der Waals surface area contributed by atoms with Gasteiger partial charge >= 0.3 is 0 Å². The Morgan fingerprint density at radius 2 is 2.12 bits per heavy atom. The summed E-state index contributed by atoms with van der Waals surface area (Å²) in [6.07, 6.45) is 0.165. The maximum Gasteiger partial charge on any atom is 0.231 e. The van der Waals surface area contributed by atoms with E-state index in [0.29, 0.717) is 6.54 Å². The first-order chi connectivity index (χ1) is 11.6. The fraction of sp³-hybridized carbons (Fsp3) is 0.333. The number of aliphatic hydroxyl groups excluding tert-OH is 1. The Hall–Kier alpha value is -2.18. The van der Waals surface area contributed by atoms with Crippen molar-refractivity contribution in [3.8, 4) is 0 Å². The number of anilines is 1. The Balaban J connectivity index is 1.89. The number of thiophene rings is 1. The van der Waals surface area contributed by atoms with E-state index in [1.54, 1.807) is 28.2 Å². The Morgan fingerprint density at radius 3 is 2.83 bits per heavy atom. The Bertz CT molecular complexity index is 730. The third-order valence-electron chi connectivity index (χ3n) is 4.33. The average molecular weight is 344 g/mol. The van der Waals surface area contributed by atoms with Crippen molar-refractivity contribution in [2.75, 3.05) is 25.1 Å². The lowest BCUT2D eigenvalue weighted by molar-refractivity contribution is -0.136. The Morgan fingerprint density at radius 1 is 1.33 bits per heavy atom. The molecule has 1 aromatic heterocycles. The van der Waals surface area contributed by atoms with E-state index < -0.39 is 5.92 Å². The SMILES string of the molecule is CN1C(=O)C[C@@H](C(=O)N(CCO)Cc2cccs2)c2ccccc21. The second kappa shape index (κ2) is 7.15. The molecule has 0 radical (unpaired) electrons. The molecule has 24 heavy (non-hydrogen) atoms. The highest BCUT2D eigenvalue weighted by Gasteiger charge is 2.35. The molecular weight excluding hydrogens is 324 g/mol. The third kappa shape index (κ3) is 3.20. The predicted molar refractivity (Wildman–Crippen MR) is 94.0 cm³/mol. The summed E-state index contributed by atoms with van der Waals surface area (Å²) >= 11 is 1.58. The quantitative estimate of drug-likeness (QED) is 0.905. The van der Waals surface area contributed by atoms with Crippen molar-refractivity contribution in [1.82, 2.24) is 4.90 Å². The first kappa shape index (κ1) is 16.7. The largest absolute Gasteiger partial charge is 0.395 e. The first-order valence-corrected chi connectivity index (χ1v) is 8.77. The van der Waals surface area contributed by atoms with Crippen molar-refractivity contribution < 1.29 is 14.7 Å². The number of fused-ring (bicyclic) bond motifs is 1. The van der Waals surface area contributed by atoms with Crippen molar-refractivity contribution in [2.24, 2.45) is 0 Å². The molecule has 0 fully saturated rings. The fourth-order valence-corrected chi connectivity index (χ4v) is 3.78. The molecule has 1 N–H and O–H groups in total. The topological polar surface area (TPSA) is 60.9 Å². The Labute approximate surface area is 145 Å². The molecule has 0 bridgehead atoms. The average Bonchev–Trinajstić information content (AvgIpc) is 3.10. The zero-order valence-electron chi connectivity index (χ0n) is 13.5. The zero-order valence-corrected chi connectivity index (χ0v) is 14.3. The fourth-order valence-electron chi connectivity index (χ4n) is 3.06. The molecule has 126 valence electrons. The van der Waals surface area contributed by atoms with Gasteiger partial charge < -0.3 is 14.9 Å². The van der Waals surface area contributed by atoms with Gasteiger partial charge in [0.05, 0.1) is 19.1 Å². The van der Waals surface area contributed by atoms with E-state index >= 15 is 0 Å². The van der Waals surface area contributed by atoms with Crippen LogP contribution >= 0.6 is 11.3 Å². The molecule has 0 saturated carbocycles. The van der Waals surface area contributed by atoms with Gasteiger partial charge in [0.25, 0.3) is 0 Å². The predicted octanol–water partition coefficient (Wildman–Crippen LogP) is 2.22. The van der Waals surface area contributed by atoms with Gasteiger partial charge in [0.1, 0.15) is 0 Å². The normalized spacial score (nSPS) is 16.8. The standard InChI is InChI=1S/C18H20N2O3S/c1-19-16-7-3-2-6-14(16)15(11-17(19)22)18(23)20(8-9-21)12-13-5-4-10-24-13/h2-7,10,15,21H,8-9,11-12H2,1H3/t15-/m1/s1. The van der Waals surface area contributed by atoms with Crippen molar-refractivity contribution in [3.63, 3.8) is 0 Å². The van der Waals surface area contributed by atoms with Crippen LogP contribution in [0.3, 0.4) is 0 Å². The number of nitrogens with zero attached hydrogens (tertiary/aromatic N) is 2. The molecular formula is C18H20N2O3S. The number of carbonyl (C=O) groups is 2. The van der Waals surface area contributed by atoms with Crippen LogP contribution in [-0.4, -0.2) is 42.0 Å². The lowest BCUT2D eigenvalue weighted by Crippen LogP contribution is -2.42. The smallest absolute Gasteiger partial charge is 0.231 e. The van der Waals surface area contributed by atoms with Crippen molar-refractivity contribution in [3.05, 3.63) is 52.2 Å². The Kier molecular flexibility index (Phi) is 4.97. The van der Waals surface area contributed by atoms with Crippen LogP contribution in [0.5, 0.6) is 0 Å². The number of hydrogen-bond donors (Lipinski definition) is 1. The second-order valence-corrected chi connectivity index (χ2v) is 6.86. The van der Waals surface area contributed by atoms with Crippen LogP contribution in [0.15, 0.2) is 41.8 Å². The van der Waals surface area contributed by atoms with E-state index in [4.69, 9.17) is 0 Å². The minimum absolute atomic E-state index is 0.0628. The van der Waals surface area contributed by atoms with Crippen LogP contribution in [0.2, 0.25) is 0 Å². The molecule has 2 heterocycles. The number of aliphatic hydroxyl groups is 1. The molecule has 0 spiro atoms. The van der Waals surface area contributed by atoms with E-state index in [-0.39, 0.29) is 31.4 Å². The molecule has 1 aliphatic heterocycles. The summed E-state index contributed by atoms with van der Waals surface area (Å²) < 4.78 is 0. The summed E-state index contributed by atoms with van der Waals surface area (Å²) in [5, 5.41) is 11.3. The monoisotopic (exact) mass is 344 g/mol. The number of benzene rings is 1. The number of rotatable bonds is 5. The molecule has 5 nitrogen and oxygen atoms in total. The van der Waals surface area contributed by atoms with Gasteiger partial charge in [-0.05, 0) is 23.1 Å². The molecule has 0 unspecified atom stereocenters. The highest BCUT2D eigenvalue weighted by atomic mass is 32.1. The summed E-state index contributed by atoms with van der Waals surface area (Å²) in [5.41, 5.74) is 1.66. The van der Waals surface area contributed by atoms with Crippen LogP contribution in [0.25, 0.3) is 0 Å². The van der Waals surface area contributed by atoms with Gasteiger partial charge in [-0.2, -0.15) is 0 Å². The summed E-state index contributed by atoms with van der Waals surface area (Å²) in [5.74, 6) is -0.658. The van der Waals surface area contributed by atoms with Crippen LogP contribution in [0, 0.1) is 0 Å². The molecule has 2 amide bonds. The molecule has 1 atom stereocenters. The minimum Gasteiger partial charge on any atom is -0.395 e. The van der Waals surface area contributed by atoms with Crippen molar-refractivity contribution in [1.29, 1.82) is 0 Å². The lowest BCUT2D eigenvalue weighted by atomic mass is 9.88. The summed E-state index contributed by atoms with van der Waals surface area (Å²) in [6.45, 7) is 0.624. The van der Waals surface area contributed by atoms with Gasteiger partial charge in [-0.1, -0.05) is 24.3 Å². The van der Waals surface area contributed by atoms with Gasteiger partial charge in [-0.25, -0.2) is 0 Å². The molecule has 2 aromatic rings. The number of amides is 2. The van der Waals surface area contributed by atoms with E-state index in [2.05, 4.69) is 0 Å². The summed E-state index contributed by atoms with van der Waals surface area (Å²) in [6, 6.07) is 11.4. The van der Waals surface area contributed by atoms with Crippen LogP contribution < -0.4 is 4.90 Å². The maximum atomic E-state index is 13.1. The highest BCUT2D eigenvalue weighted by molar-refractivity contribution is 7.09. The van der Waals surface area contributed by atoms with Gasteiger partial charge in [0.2, 0.25) is 11.8 Å². The maximum absolute atomic E-state index is 13.1. The van der Waals surface area contributed by atoms with Gasteiger partial charge in [-0.15, -0.1) is 11.3 Å². The second-order valence-electron chi connectivity index (χ2n) is 5.83. The summed E-state index contributed by atoms with van der Waals surface area (Å²) in [4.78, 5) is 29.7. The van der Waals surface area contributed by atoms with E-state index in [1.165, 1.54) is 0 Å². The van der Waals surface area contributed by atoms with E-state index in [9.17, 15) is 14.7 Å². The molecule has 1 aliphatic rings. The van der Waals surface area contributed by atoms with Crippen LogP contribution in [0.1, 0.15) is 22.8 Å². The van der Waals surface area contributed by atoms with E-state index in [1.807, 2.05) is 41.8 Å². The summed E-state index contributed by atoms with van der Waals surface area (Å²) in [7, 11) is 1.74. The van der Waals surface area contributed by atoms with Crippen molar-refractivity contribution in [2.45, 2.75) is 18.9 Å². The molecule has 3 rings (SSSR count). The first-order valence-electron chi connectivity index (χ1n) is 7.89. The van der Waals surface area contributed by atoms with Crippen molar-refractivity contribution >= 4 is 28.8 Å². The molecule has 0 saturated heterocycles. The molecule has 0 aliphatic carbocycles. The number of para-hydroxylation sites is 1. The molecule has 1 aromatic carbocycles. The minimum atomic E-state index is -0.489. The highest BCUT2D eigenvalue weighted by Crippen LogP contribution is 2.36. The van der Waals surface area contributed by atoms with Crippen LogP contribution in [-0.2, 0) is 16.1 Å². The van der Waals surface area contributed by atoms with Gasteiger partial charge in [-0.3, -0.25) is 9.59 Å². The number of carbonyl (C=O) groups excluding carboxylic acids is 2. The van der Waals surface area contributed by atoms with Gasteiger partial charge in [0.15, 0.2) is 0 Å². The van der Waals surface area contributed by atoms with E-state index in [0.717, 1.165) is 16.1 Å². The van der Waals surface area contributed by atoms with Crippen LogP contribution in [0.4, 0.5) is 5.69 Å². The van der Waals surface area contributed by atoms with Gasteiger partial charge in [0, 0.05) is 30.6 Å². The lowest BCUT2D eigenvalue weighted by Gasteiger charge is -2.33. The number of hydrogen-bond acceptors (Lipinski definition) is 4. The molecule has 6 heteroatoms.